The van der Waals surface area contributed by atoms with Gasteiger partial charge in [-0.15, -0.1) is 0 Å². The van der Waals surface area contributed by atoms with E-state index in [0.29, 0.717) is 0 Å². The van der Waals surface area contributed by atoms with Gasteiger partial charge in [0.2, 0.25) is 0 Å². The lowest BCUT2D eigenvalue weighted by Gasteiger charge is -2.15. The number of halogens is 4. The SMILES string of the molecule is C[C@@H](NC(=O)c1cc(Cl)cc(S(C)(=O)=O)c1)c1ncnn1-c1ccc(NC(=O)C(F)(F)F)cn1.S. The minimum Gasteiger partial charge on any atom is -0.342 e. The number of nitrogens with one attached hydrogen (secondary N) is 2. The van der Waals surface area contributed by atoms with Crippen molar-refractivity contribution in [1.29, 1.82) is 0 Å². The number of anilines is 1. The third-order valence-electron chi connectivity index (χ3n) is 4.35. The van der Waals surface area contributed by atoms with Gasteiger partial charge in [-0.05, 0) is 37.3 Å². The summed E-state index contributed by atoms with van der Waals surface area (Å²) in [5.41, 5.74) is -0.176. The van der Waals surface area contributed by atoms with Crippen LogP contribution in [0.25, 0.3) is 5.82 Å². The third-order valence-corrected chi connectivity index (χ3v) is 5.66. The molecule has 1 aromatic carbocycles. The van der Waals surface area contributed by atoms with Gasteiger partial charge in [0.1, 0.15) is 6.33 Å². The van der Waals surface area contributed by atoms with Crippen LogP contribution >= 0.6 is 25.1 Å². The van der Waals surface area contributed by atoms with E-state index in [4.69, 9.17) is 11.6 Å². The second-order valence-corrected chi connectivity index (χ2v) is 9.48. The van der Waals surface area contributed by atoms with Gasteiger partial charge in [-0.25, -0.2) is 18.4 Å². The van der Waals surface area contributed by atoms with Crippen LogP contribution in [0, 0.1) is 0 Å². The fourth-order valence-corrected chi connectivity index (χ4v) is 3.74. The number of sulfone groups is 1. The molecule has 0 aliphatic rings. The lowest BCUT2D eigenvalue weighted by Crippen LogP contribution is -2.30. The Morgan fingerprint density at radius 3 is 2.40 bits per heavy atom. The Kier molecular flexibility index (Phi) is 8.52. The number of benzene rings is 1. The highest BCUT2D eigenvalue weighted by molar-refractivity contribution is 7.90. The average Bonchev–Trinajstić information content (AvgIpc) is 3.22. The van der Waals surface area contributed by atoms with Crippen molar-refractivity contribution in [2.75, 3.05) is 11.6 Å². The summed E-state index contributed by atoms with van der Waals surface area (Å²) in [7, 11) is -3.60. The molecule has 2 N–H and O–H groups in total. The minimum absolute atomic E-state index is 0. The van der Waals surface area contributed by atoms with E-state index >= 15 is 0 Å². The van der Waals surface area contributed by atoms with Gasteiger partial charge in [-0.3, -0.25) is 9.59 Å². The standard InChI is InChI=1S/C19H16ClF3N6O4S.H2S/c1-10(27-17(30)11-5-12(20)7-14(6-11)34(2,32)33)16-25-9-26-29(16)15-4-3-13(8-24-15)28-18(31)19(21,22)23;/h3-10H,1-2H3,(H,27,30)(H,28,31);1H2/t10-;/m1./s1. The minimum atomic E-state index is -5.05. The maximum atomic E-state index is 12.7. The van der Waals surface area contributed by atoms with Gasteiger partial charge in [0.15, 0.2) is 21.5 Å². The number of pyridine rings is 1. The van der Waals surface area contributed by atoms with Gasteiger partial charge < -0.3 is 10.6 Å². The van der Waals surface area contributed by atoms with Crippen LogP contribution in [-0.2, 0) is 14.6 Å². The number of carbonyl (C=O) groups excluding carboxylic acids is 2. The molecule has 2 heterocycles. The molecule has 188 valence electrons. The second-order valence-electron chi connectivity index (χ2n) is 7.03. The molecule has 35 heavy (non-hydrogen) atoms. The molecule has 0 saturated heterocycles. The Morgan fingerprint density at radius 1 is 1.14 bits per heavy atom. The van der Waals surface area contributed by atoms with E-state index in [-0.39, 0.29) is 46.3 Å². The molecule has 2 aromatic heterocycles. The summed E-state index contributed by atoms with van der Waals surface area (Å²) < 4.78 is 62.0. The van der Waals surface area contributed by atoms with Crippen LogP contribution in [0.15, 0.2) is 47.8 Å². The van der Waals surface area contributed by atoms with Gasteiger partial charge >= 0.3 is 12.1 Å². The summed E-state index contributed by atoms with van der Waals surface area (Å²) in [6.07, 6.45) is -1.87. The zero-order valence-corrected chi connectivity index (χ0v) is 20.5. The predicted molar refractivity (Wildman–Crippen MR) is 125 cm³/mol. The molecule has 2 amide bonds. The van der Waals surface area contributed by atoms with Crippen LogP contribution in [0.1, 0.15) is 29.1 Å². The number of rotatable bonds is 6. The predicted octanol–water partition coefficient (Wildman–Crippen LogP) is 2.82. The first-order valence-corrected chi connectivity index (χ1v) is 11.6. The van der Waals surface area contributed by atoms with Crippen LogP contribution in [0.4, 0.5) is 18.9 Å². The molecule has 0 unspecified atom stereocenters. The van der Waals surface area contributed by atoms with Crippen LogP contribution in [0.2, 0.25) is 5.02 Å². The van der Waals surface area contributed by atoms with E-state index in [1.54, 1.807) is 12.2 Å². The number of amides is 2. The molecule has 3 rings (SSSR count). The zero-order valence-electron chi connectivity index (χ0n) is 18.0. The maximum absolute atomic E-state index is 12.7. The maximum Gasteiger partial charge on any atom is 0.471 e. The van der Waals surface area contributed by atoms with E-state index in [9.17, 15) is 31.2 Å². The normalized spacial score (nSPS) is 12.4. The Bertz CT molecular complexity index is 1350. The molecule has 10 nitrogen and oxygen atoms in total. The van der Waals surface area contributed by atoms with Crippen molar-refractivity contribution in [2.45, 2.75) is 24.0 Å². The van der Waals surface area contributed by atoms with Crippen molar-refractivity contribution in [3.63, 3.8) is 0 Å². The van der Waals surface area contributed by atoms with Crippen molar-refractivity contribution < 1.29 is 31.2 Å². The van der Waals surface area contributed by atoms with Crippen LogP contribution < -0.4 is 10.6 Å². The Hall–Kier alpha value is -3.17. The Morgan fingerprint density at radius 2 is 1.83 bits per heavy atom. The van der Waals surface area contributed by atoms with E-state index in [2.05, 4.69) is 20.4 Å². The number of alkyl halides is 3. The first kappa shape index (κ1) is 28.1. The van der Waals surface area contributed by atoms with Crippen molar-refractivity contribution in [2.24, 2.45) is 0 Å². The Balaban J connectivity index is 0.00000432. The molecule has 0 aliphatic heterocycles. The topological polar surface area (TPSA) is 136 Å². The van der Waals surface area contributed by atoms with Crippen LogP contribution in [0.3, 0.4) is 0 Å². The van der Waals surface area contributed by atoms with Crippen LogP contribution in [0.5, 0.6) is 0 Å². The lowest BCUT2D eigenvalue weighted by molar-refractivity contribution is -0.167. The average molecular weight is 551 g/mol. The first-order valence-electron chi connectivity index (χ1n) is 9.32. The molecule has 0 saturated carbocycles. The smallest absolute Gasteiger partial charge is 0.342 e. The van der Waals surface area contributed by atoms with Crippen molar-refractivity contribution in [3.05, 3.63) is 59.3 Å². The van der Waals surface area contributed by atoms with Crippen molar-refractivity contribution in [1.82, 2.24) is 25.1 Å². The van der Waals surface area contributed by atoms with Crippen molar-refractivity contribution >= 4 is 52.4 Å². The summed E-state index contributed by atoms with van der Waals surface area (Å²) in [6, 6.07) is 5.46. The molecule has 0 bridgehead atoms. The van der Waals surface area contributed by atoms with Gasteiger partial charge in [0, 0.05) is 16.8 Å². The number of hydrogen-bond donors (Lipinski definition) is 2. The highest BCUT2D eigenvalue weighted by Crippen LogP contribution is 2.21. The molecule has 0 aliphatic carbocycles. The summed E-state index contributed by atoms with van der Waals surface area (Å²) in [4.78, 5) is 31.6. The summed E-state index contributed by atoms with van der Waals surface area (Å²) in [5, 5.41) is 8.38. The lowest BCUT2D eigenvalue weighted by atomic mass is 10.2. The molecular weight excluding hydrogens is 533 g/mol. The fraction of sp³-hybridized carbons (Fsp3) is 0.211. The number of carbonyl (C=O) groups is 2. The second kappa shape index (κ2) is 10.6. The molecule has 16 heteroatoms. The van der Waals surface area contributed by atoms with Crippen LogP contribution in [-0.4, -0.2) is 52.4 Å². The summed E-state index contributed by atoms with van der Waals surface area (Å²) in [5.74, 6) is -2.40. The van der Waals surface area contributed by atoms with E-state index in [0.717, 1.165) is 12.5 Å². The highest BCUT2D eigenvalue weighted by Gasteiger charge is 2.38. The zero-order chi connectivity index (χ0) is 25.3. The third kappa shape index (κ3) is 6.93. The monoisotopic (exact) mass is 550 g/mol. The van der Waals surface area contributed by atoms with E-state index in [1.807, 2.05) is 0 Å². The van der Waals surface area contributed by atoms with E-state index < -0.39 is 33.9 Å². The summed E-state index contributed by atoms with van der Waals surface area (Å²) >= 11 is 5.94. The number of hydrogen-bond acceptors (Lipinski definition) is 7. The van der Waals surface area contributed by atoms with Gasteiger partial charge in [0.05, 0.1) is 22.8 Å². The van der Waals surface area contributed by atoms with Crippen molar-refractivity contribution in [3.8, 4) is 5.82 Å². The number of aromatic nitrogens is 4. The highest BCUT2D eigenvalue weighted by atomic mass is 35.5. The fourth-order valence-electron chi connectivity index (χ4n) is 2.76. The van der Waals surface area contributed by atoms with Gasteiger partial charge in [0.25, 0.3) is 5.91 Å². The molecule has 0 radical (unpaired) electrons. The van der Waals surface area contributed by atoms with Gasteiger partial charge in [-0.1, -0.05) is 11.6 Å². The summed E-state index contributed by atoms with van der Waals surface area (Å²) in [6.45, 7) is 1.58. The quantitative estimate of drug-likeness (QED) is 0.481. The Labute approximate surface area is 209 Å². The molecular formula is C19H18ClF3N6O4S2. The molecule has 0 fully saturated rings. The first-order chi connectivity index (χ1) is 15.8. The molecule has 1 atom stereocenters. The van der Waals surface area contributed by atoms with E-state index in [1.165, 1.54) is 41.3 Å². The largest absolute Gasteiger partial charge is 0.471 e. The molecule has 0 spiro atoms. The van der Waals surface area contributed by atoms with Gasteiger partial charge in [-0.2, -0.15) is 36.4 Å². The number of nitrogens with zero attached hydrogens (tertiary/aromatic N) is 4. The molecule has 3 aromatic rings.